The molecular formula is C15H19N9O5S2. The summed E-state index contributed by atoms with van der Waals surface area (Å²) in [6.07, 6.45) is 1.39. The largest absolute Gasteiger partial charge is 0.395 e. The third-order valence-electron chi connectivity index (χ3n) is 4.18. The monoisotopic (exact) mass is 469 g/mol. The van der Waals surface area contributed by atoms with E-state index in [9.17, 15) is 21.9 Å². The number of hydrogen-bond acceptors (Lipinski definition) is 11. The molecule has 9 N–H and O–H groups in total. The maximum Gasteiger partial charge on any atom is 0.242 e. The van der Waals surface area contributed by atoms with Gasteiger partial charge in [0.25, 0.3) is 0 Å². The molecule has 16 heteroatoms. The number of aromatic amines is 1. The maximum absolute atomic E-state index is 13.0. The molecule has 1 atom stereocenters. The molecule has 3 rings (SSSR count). The first kappa shape index (κ1) is 22.7. The number of hydrogen-bond donors (Lipinski definition) is 6. The highest BCUT2D eigenvalue weighted by molar-refractivity contribution is 7.92. The SMILES string of the molecule is NC[C@H](CO)NS(=O)(=O)c1ccc(-c2ccnc(N)c2)c(-c2nn[nH]n2)c1S(N)(=O)=O. The Balaban J connectivity index is 2.40. The van der Waals surface area contributed by atoms with Crippen LogP contribution < -0.4 is 21.3 Å². The number of tetrazole rings is 1. The third-order valence-corrected chi connectivity index (χ3v) is 6.87. The van der Waals surface area contributed by atoms with Crippen LogP contribution >= 0.6 is 0 Å². The Morgan fingerprint density at radius 2 is 1.94 bits per heavy atom. The van der Waals surface area contributed by atoms with Crippen LogP contribution in [0.25, 0.3) is 22.5 Å². The number of rotatable bonds is 8. The molecule has 31 heavy (non-hydrogen) atoms. The lowest BCUT2D eigenvalue weighted by molar-refractivity contribution is 0.259. The van der Waals surface area contributed by atoms with Crippen LogP contribution in [-0.2, 0) is 20.0 Å². The zero-order valence-electron chi connectivity index (χ0n) is 15.8. The number of nitrogens with zero attached hydrogens (tertiary/aromatic N) is 4. The molecule has 1 aromatic carbocycles. The number of benzene rings is 1. The molecule has 2 heterocycles. The predicted octanol–water partition coefficient (Wildman–Crippen LogP) is -2.24. The van der Waals surface area contributed by atoms with E-state index in [1.165, 1.54) is 24.4 Å². The normalized spacial score (nSPS) is 13.3. The van der Waals surface area contributed by atoms with Gasteiger partial charge in [-0.15, -0.1) is 10.2 Å². The van der Waals surface area contributed by atoms with Crippen molar-refractivity contribution >= 4 is 25.9 Å². The summed E-state index contributed by atoms with van der Waals surface area (Å²) in [5.41, 5.74) is 11.6. The minimum absolute atomic E-state index is 0.140. The van der Waals surface area contributed by atoms with Gasteiger partial charge in [0.2, 0.25) is 25.9 Å². The highest BCUT2D eigenvalue weighted by Crippen LogP contribution is 2.38. The van der Waals surface area contributed by atoms with Crippen LogP contribution in [0, 0.1) is 0 Å². The summed E-state index contributed by atoms with van der Waals surface area (Å²) < 4.78 is 53.2. The van der Waals surface area contributed by atoms with E-state index in [1.54, 1.807) is 0 Å². The van der Waals surface area contributed by atoms with Crippen molar-refractivity contribution in [2.75, 3.05) is 18.9 Å². The molecule has 0 spiro atoms. The van der Waals surface area contributed by atoms with E-state index in [2.05, 4.69) is 30.3 Å². The first-order valence-corrected chi connectivity index (χ1v) is 11.6. The zero-order chi connectivity index (χ0) is 22.8. The number of aliphatic hydroxyl groups excluding tert-OH is 1. The van der Waals surface area contributed by atoms with E-state index in [-0.39, 0.29) is 29.3 Å². The molecule has 2 aromatic heterocycles. The summed E-state index contributed by atoms with van der Waals surface area (Å²) >= 11 is 0. The van der Waals surface area contributed by atoms with Gasteiger partial charge in [0, 0.05) is 12.7 Å². The lowest BCUT2D eigenvalue weighted by Crippen LogP contribution is -2.43. The average molecular weight is 470 g/mol. The lowest BCUT2D eigenvalue weighted by atomic mass is 10.00. The molecule has 0 fully saturated rings. The second kappa shape index (κ2) is 8.61. The quantitative estimate of drug-likeness (QED) is 0.206. The van der Waals surface area contributed by atoms with Crippen LogP contribution in [0.5, 0.6) is 0 Å². The Morgan fingerprint density at radius 3 is 2.48 bits per heavy atom. The van der Waals surface area contributed by atoms with Gasteiger partial charge < -0.3 is 16.6 Å². The highest BCUT2D eigenvalue weighted by Gasteiger charge is 2.33. The summed E-state index contributed by atoms with van der Waals surface area (Å²) in [6, 6.07) is 4.34. The number of sulfonamides is 2. The van der Waals surface area contributed by atoms with Crippen LogP contribution in [0.15, 0.2) is 40.3 Å². The molecule has 0 amide bonds. The van der Waals surface area contributed by atoms with Crippen molar-refractivity contribution in [3.8, 4) is 22.5 Å². The van der Waals surface area contributed by atoms with Crippen molar-refractivity contribution in [3.63, 3.8) is 0 Å². The van der Waals surface area contributed by atoms with Crippen LogP contribution in [-0.4, -0.2) is 66.7 Å². The van der Waals surface area contributed by atoms with E-state index in [1.807, 2.05) is 0 Å². The first-order chi connectivity index (χ1) is 14.6. The Kier molecular flexibility index (Phi) is 6.30. The minimum Gasteiger partial charge on any atom is -0.395 e. The van der Waals surface area contributed by atoms with Gasteiger partial charge in [-0.05, 0) is 34.5 Å². The van der Waals surface area contributed by atoms with Gasteiger partial charge in [0.05, 0.1) is 18.2 Å². The van der Waals surface area contributed by atoms with Gasteiger partial charge in [-0.2, -0.15) is 5.21 Å². The van der Waals surface area contributed by atoms with Crippen molar-refractivity contribution in [1.82, 2.24) is 30.3 Å². The Labute approximate surface area is 177 Å². The summed E-state index contributed by atoms with van der Waals surface area (Å²) in [5, 5.41) is 27.9. The molecule has 0 bridgehead atoms. The molecule has 0 saturated carbocycles. The van der Waals surface area contributed by atoms with E-state index in [4.69, 9.17) is 16.6 Å². The summed E-state index contributed by atoms with van der Waals surface area (Å²) in [5.74, 6) is -0.0789. The van der Waals surface area contributed by atoms with Crippen LogP contribution in [0.3, 0.4) is 0 Å². The van der Waals surface area contributed by atoms with Crippen molar-refractivity contribution in [2.24, 2.45) is 10.9 Å². The molecule has 0 radical (unpaired) electrons. The van der Waals surface area contributed by atoms with E-state index >= 15 is 0 Å². The summed E-state index contributed by atoms with van der Waals surface area (Å²) in [4.78, 5) is 2.45. The summed E-state index contributed by atoms with van der Waals surface area (Å²) in [6.45, 7) is -0.834. The van der Waals surface area contributed by atoms with E-state index < -0.39 is 42.5 Å². The fourth-order valence-electron chi connectivity index (χ4n) is 2.85. The van der Waals surface area contributed by atoms with Crippen LogP contribution in [0.1, 0.15) is 0 Å². The topological polar surface area (TPSA) is 246 Å². The van der Waals surface area contributed by atoms with Crippen LogP contribution in [0.2, 0.25) is 0 Å². The number of nitrogens with two attached hydrogens (primary N) is 3. The highest BCUT2D eigenvalue weighted by atomic mass is 32.2. The molecule has 0 aliphatic heterocycles. The van der Waals surface area contributed by atoms with Gasteiger partial charge in [0.15, 0.2) is 0 Å². The van der Waals surface area contributed by atoms with Gasteiger partial charge in [-0.25, -0.2) is 31.7 Å². The second-order valence-corrected chi connectivity index (χ2v) is 9.48. The van der Waals surface area contributed by atoms with Gasteiger partial charge in [-0.3, -0.25) is 0 Å². The molecule has 0 unspecified atom stereocenters. The fourth-order valence-corrected chi connectivity index (χ4v) is 5.69. The molecule has 0 aliphatic rings. The maximum atomic E-state index is 13.0. The van der Waals surface area contributed by atoms with Crippen molar-refractivity contribution < 1.29 is 21.9 Å². The smallest absolute Gasteiger partial charge is 0.242 e. The molecule has 3 aromatic rings. The molecular weight excluding hydrogens is 450 g/mol. The van der Waals surface area contributed by atoms with Crippen molar-refractivity contribution in [3.05, 3.63) is 30.5 Å². The standard InChI is InChI=1S/C15H19N9O5S2/c16-6-9(7-25)22-31(28,29)11-2-1-10(8-3-4-19-12(17)5-8)13(14(11)30(18,26)27)15-20-23-24-21-15/h1-5,9,22,25H,6-7,16H2,(H2,17,19)(H2,18,26,27)(H,20,21,23,24)/t9-/m1/s1. The van der Waals surface area contributed by atoms with Crippen molar-refractivity contribution in [2.45, 2.75) is 15.8 Å². The zero-order valence-corrected chi connectivity index (χ0v) is 17.4. The van der Waals surface area contributed by atoms with Gasteiger partial charge in [-0.1, -0.05) is 6.07 Å². The Bertz CT molecular complexity index is 1290. The Hall–Kier alpha value is -3.02. The lowest BCUT2D eigenvalue weighted by Gasteiger charge is -2.19. The first-order valence-electron chi connectivity index (χ1n) is 8.57. The number of H-pyrrole nitrogens is 1. The molecule has 0 aliphatic carbocycles. The fraction of sp³-hybridized carbons (Fsp3) is 0.200. The minimum atomic E-state index is -4.64. The van der Waals surface area contributed by atoms with E-state index in [0.717, 1.165) is 6.07 Å². The number of pyridine rings is 1. The number of aromatic nitrogens is 5. The van der Waals surface area contributed by atoms with Gasteiger partial charge in [0.1, 0.15) is 15.6 Å². The second-order valence-electron chi connectivity index (χ2n) is 6.30. The van der Waals surface area contributed by atoms with Gasteiger partial charge >= 0.3 is 0 Å². The van der Waals surface area contributed by atoms with Crippen LogP contribution in [0.4, 0.5) is 5.82 Å². The summed E-state index contributed by atoms with van der Waals surface area (Å²) in [7, 11) is -9.14. The van der Waals surface area contributed by atoms with E-state index in [0.29, 0.717) is 5.56 Å². The Morgan fingerprint density at radius 1 is 1.19 bits per heavy atom. The number of nitrogens with one attached hydrogen (secondary N) is 2. The number of anilines is 1. The molecule has 0 saturated heterocycles. The number of primary sulfonamides is 1. The third kappa shape index (κ3) is 4.68. The predicted molar refractivity (Wildman–Crippen MR) is 109 cm³/mol. The number of aliphatic hydroxyl groups is 1. The number of nitrogen functional groups attached to an aromatic ring is 1. The molecule has 14 nitrogen and oxygen atoms in total. The molecule has 166 valence electrons. The average Bonchev–Trinajstić information content (AvgIpc) is 3.25. The van der Waals surface area contributed by atoms with Crippen molar-refractivity contribution in [1.29, 1.82) is 0 Å².